The van der Waals surface area contributed by atoms with Crippen LogP contribution in [0.1, 0.15) is 48.9 Å². The van der Waals surface area contributed by atoms with Crippen LogP contribution in [-0.2, 0) is 4.79 Å². The van der Waals surface area contributed by atoms with Gasteiger partial charge in [-0.25, -0.2) is 5.01 Å². The van der Waals surface area contributed by atoms with Gasteiger partial charge in [-0.15, -0.1) is 0 Å². The summed E-state index contributed by atoms with van der Waals surface area (Å²) in [4.78, 5) is 24.2. The van der Waals surface area contributed by atoms with E-state index in [4.69, 9.17) is 0 Å². The zero-order chi connectivity index (χ0) is 16.0. The lowest BCUT2D eigenvalue weighted by molar-refractivity contribution is -0.124. The number of nitrogens with one attached hydrogen (secondary N) is 1. The first kappa shape index (κ1) is 14.5. The molecule has 5 rings (SSSR count). The number of hydrogen-bond acceptors (Lipinski definition) is 3. The lowest BCUT2D eigenvalue weighted by Gasteiger charge is -2.59. The lowest BCUT2D eigenvalue weighted by atomic mass is 9.52. The summed E-state index contributed by atoms with van der Waals surface area (Å²) in [6, 6.07) is 6.53. The van der Waals surface area contributed by atoms with Crippen LogP contribution in [0, 0.1) is 17.8 Å². The Labute approximate surface area is 135 Å². The minimum absolute atomic E-state index is 0.0417. The van der Waals surface area contributed by atoms with E-state index in [-0.39, 0.29) is 22.8 Å². The molecule has 0 aromatic heterocycles. The largest absolute Gasteiger partial charge is 0.507 e. The highest BCUT2D eigenvalue weighted by molar-refractivity contribution is 5.97. The summed E-state index contributed by atoms with van der Waals surface area (Å²) in [5.41, 5.74) is 2.62. The van der Waals surface area contributed by atoms with Crippen molar-refractivity contribution < 1.29 is 14.7 Å². The van der Waals surface area contributed by atoms with Crippen molar-refractivity contribution in [3.63, 3.8) is 0 Å². The molecule has 5 heteroatoms. The molecule has 0 atom stereocenters. The van der Waals surface area contributed by atoms with E-state index < -0.39 is 0 Å². The lowest BCUT2D eigenvalue weighted by Crippen LogP contribution is -2.65. The highest BCUT2D eigenvalue weighted by atomic mass is 16.3. The Kier molecular flexibility index (Phi) is 3.32. The third kappa shape index (κ3) is 2.30. The van der Waals surface area contributed by atoms with Gasteiger partial charge in [0.25, 0.3) is 5.91 Å². The van der Waals surface area contributed by atoms with Gasteiger partial charge in [0.15, 0.2) is 0 Å². The molecule has 2 N–H and O–H groups in total. The van der Waals surface area contributed by atoms with Gasteiger partial charge >= 0.3 is 0 Å². The number of amides is 2. The fourth-order valence-corrected chi connectivity index (χ4v) is 5.58. The summed E-state index contributed by atoms with van der Waals surface area (Å²) >= 11 is 0. The average Bonchev–Trinajstić information content (AvgIpc) is 2.51. The smallest absolute Gasteiger partial charge is 0.276 e. The van der Waals surface area contributed by atoms with Crippen molar-refractivity contribution in [3.05, 3.63) is 29.8 Å². The van der Waals surface area contributed by atoms with Gasteiger partial charge < -0.3 is 5.11 Å². The van der Waals surface area contributed by atoms with Crippen LogP contribution in [0.4, 0.5) is 0 Å². The summed E-state index contributed by atoms with van der Waals surface area (Å²) in [6.45, 7) is 0. The number of nitrogens with zero attached hydrogens (tertiary/aromatic N) is 1. The maximum atomic E-state index is 13.0. The number of hydrazine groups is 1. The third-order valence-corrected chi connectivity index (χ3v) is 6.00. The fourth-order valence-electron chi connectivity index (χ4n) is 5.58. The minimum atomic E-state index is -0.308. The second-order valence-electron chi connectivity index (χ2n) is 7.55. The Morgan fingerprint density at radius 3 is 2.22 bits per heavy atom. The summed E-state index contributed by atoms with van der Waals surface area (Å²) < 4.78 is 0. The van der Waals surface area contributed by atoms with E-state index in [1.807, 2.05) is 0 Å². The molecule has 0 saturated heterocycles. The Hall–Kier alpha value is -2.04. The molecule has 5 nitrogen and oxygen atoms in total. The van der Waals surface area contributed by atoms with Crippen LogP contribution >= 0.6 is 0 Å². The summed E-state index contributed by atoms with van der Waals surface area (Å²) in [5, 5.41) is 11.5. The van der Waals surface area contributed by atoms with Crippen LogP contribution < -0.4 is 5.43 Å². The Morgan fingerprint density at radius 2 is 1.70 bits per heavy atom. The van der Waals surface area contributed by atoms with Gasteiger partial charge in [-0.1, -0.05) is 12.1 Å². The van der Waals surface area contributed by atoms with Gasteiger partial charge in [-0.05, 0) is 68.4 Å². The average molecular weight is 314 g/mol. The molecule has 4 fully saturated rings. The second-order valence-corrected chi connectivity index (χ2v) is 7.55. The summed E-state index contributed by atoms with van der Waals surface area (Å²) in [6.07, 6.45) is 7.24. The number of carbonyl (C=O) groups is 2. The molecule has 0 spiro atoms. The molecule has 4 aliphatic rings. The van der Waals surface area contributed by atoms with Crippen LogP contribution in [0.25, 0.3) is 0 Å². The van der Waals surface area contributed by atoms with Gasteiger partial charge in [-0.3, -0.25) is 15.0 Å². The predicted molar refractivity (Wildman–Crippen MR) is 84.4 cm³/mol. The third-order valence-electron chi connectivity index (χ3n) is 6.00. The van der Waals surface area contributed by atoms with Crippen molar-refractivity contribution in [2.75, 3.05) is 0 Å². The number of rotatable bonds is 4. The first-order chi connectivity index (χ1) is 11.1. The molecule has 0 heterocycles. The Bertz CT molecular complexity index is 608. The topological polar surface area (TPSA) is 69.6 Å². The standard InChI is InChI=1S/C18H22N2O3/c21-11-19-20(17(23)15-3-1-2-4-16(15)22)18-8-12-5-13(9-18)7-14(6-12)10-18/h1-4,11-14,22H,5-10H2,(H,19,21). The number of phenolic OH excluding ortho intramolecular Hbond substituents is 1. The highest BCUT2D eigenvalue weighted by Gasteiger charge is 2.55. The zero-order valence-corrected chi connectivity index (χ0v) is 13.1. The zero-order valence-electron chi connectivity index (χ0n) is 13.1. The van der Waals surface area contributed by atoms with Gasteiger partial charge in [0.1, 0.15) is 5.75 Å². The number of aromatic hydroxyl groups is 1. The molecule has 1 aromatic rings. The van der Waals surface area contributed by atoms with Crippen molar-refractivity contribution in [2.45, 2.75) is 44.1 Å². The van der Waals surface area contributed by atoms with E-state index in [0.717, 1.165) is 19.3 Å². The van der Waals surface area contributed by atoms with Crippen LogP contribution in [0.2, 0.25) is 0 Å². The van der Waals surface area contributed by atoms with E-state index >= 15 is 0 Å². The highest BCUT2D eigenvalue weighted by Crippen LogP contribution is 2.57. The van der Waals surface area contributed by atoms with Crippen molar-refractivity contribution >= 4 is 12.3 Å². The number of hydrogen-bond donors (Lipinski definition) is 2. The number of para-hydroxylation sites is 1. The molecule has 1 aromatic carbocycles. The van der Waals surface area contributed by atoms with Gasteiger partial charge in [0.2, 0.25) is 6.41 Å². The molecule has 2 amide bonds. The molecule has 0 aliphatic heterocycles. The summed E-state index contributed by atoms with van der Waals surface area (Å²) in [5.74, 6) is 1.63. The predicted octanol–water partition coefficient (Wildman–Crippen LogP) is 2.46. The molecular formula is C18H22N2O3. The van der Waals surface area contributed by atoms with Crippen molar-refractivity contribution in [1.29, 1.82) is 0 Å². The van der Waals surface area contributed by atoms with Crippen molar-refractivity contribution in [3.8, 4) is 5.75 Å². The summed E-state index contributed by atoms with van der Waals surface area (Å²) in [7, 11) is 0. The van der Waals surface area contributed by atoms with E-state index in [0.29, 0.717) is 24.2 Å². The van der Waals surface area contributed by atoms with Gasteiger partial charge in [0, 0.05) is 0 Å². The Balaban J connectivity index is 1.69. The molecule has 4 saturated carbocycles. The number of phenols is 1. The minimum Gasteiger partial charge on any atom is -0.507 e. The van der Waals surface area contributed by atoms with Crippen LogP contribution in [0.5, 0.6) is 5.75 Å². The van der Waals surface area contributed by atoms with Gasteiger partial charge in [-0.2, -0.15) is 0 Å². The molecule has 4 bridgehead atoms. The molecule has 122 valence electrons. The molecular weight excluding hydrogens is 292 g/mol. The molecule has 23 heavy (non-hydrogen) atoms. The molecule has 0 unspecified atom stereocenters. The molecule has 0 radical (unpaired) electrons. The first-order valence-electron chi connectivity index (χ1n) is 8.44. The van der Waals surface area contributed by atoms with Crippen molar-refractivity contribution in [1.82, 2.24) is 10.4 Å². The first-order valence-corrected chi connectivity index (χ1v) is 8.44. The van der Waals surface area contributed by atoms with Crippen LogP contribution in [-0.4, -0.2) is 28.0 Å². The van der Waals surface area contributed by atoms with E-state index in [2.05, 4.69) is 5.43 Å². The monoisotopic (exact) mass is 314 g/mol. The Morgan fingerprint density at radius 1 is 1.13 bits per heavy atom. The SMILES string of the molecule is O=CNN(C(=O)c1ccccc1O)C12CC3CC(CC(C3)C1)C2. The van der Waals surface area contributed by atoms with E-state index in [9.17, 15) is 14.7 Å². The van der Waals surface area contributed by atoms with Crippen molar-refractivity contribution in [2.24, 2.45) is 17.8 Å². The number of benzene rings is 1. The second kappa shape index (κ2) is 5.25. The number of carbonyl (C=O) groups excluding carboxylic acids is 2. The maximum absolute atomic E-state index is 13.0. The van der Waals surface area contributed by atoms with E-state index in [1.165, 1.54) is 30.3 Å². The quantitative estimate of drug-likeness (QED) is 0.662. The normalized spacial score (nSPS) is 34.2. The van der Waals surface area contributed by atoms with Crippen LogP contribution in [0.15, 0.2) is 24.3 Å². The maximum Gasteiger partial charge on any atom is 0.276 e. The molecule has 4 aliphatic carbocycles. The van der Waals surface area contributed by atoms with E-state index in [1.54, 1.807) is 18.2 Å². The van der Waals surface area contributed by atoms with Crippen LogP contribution in [0.3, 0.4) is 0 Å². The van der Waals surface area contributed by atoms with Gasteiger partial charge in [0.05, 0.1) is 11.1 Å². The fraction of sp³-hybridized carbons (Fsp3) is 0.556.